The van der Waals surface area contributed by atoms with E-state index in [9.17, 15) is 4.79 Å². The fraction of sp³-hybridized carbons (Fsp3) is 0.579. The summed E-state index contributed by atoms with van der Waals surface area (Å²) in [6.45, 7) is 3.90. The molecule has 2 aromatic rings. The largest absolute Gasteiger partial charge is 0.469 e. The van der Waals surface area contributed by atoms with Crippen LogP contribution in [0.1, 0.15) is 50.4 Å². The van der Waals surface area contributed by atoms with Crippen molar-refractivity contribution in [2.24, 2.45) is 0 Å². The van der Waals surface area contributed by atoms with Gasteiger partial charge in [-0.05, 0) is 24.8 Å². The van der Waals surface area contributed by atoms with Crippen LogP contribution in [-0.4, -0.2) is 28.2 Å². The molecule has 1 aromatic carbocycles. The predicted molar refractivity (Wildman–Crippen MR) is 94.8 cm³/mol. The Bertz CT molecular complexity index is 640. The van der Waals surface area contributed by atoms with Crippen LogP contribution < -0.4 is 4.68 Å². The molecule has 0 fully saturated rings. The summed E-state index contributed by atoms with van der Waals surface area (Å²) in [5.74, 6) is 1.00. The molecule has 0 saturated carbocycles. The molecule has 0 aliphatic carbocycles. The third-order valence-corrected chi connectivity index (χ3v) is 4.29. The van der Waals surface area contributed by atoms with Gasteiger partial charge in [0.05, 0.1) is 13.7 Å². The molecular weight excluding hydrogens is 316 g/mol. The first-order valence-corrected chi connectivity index (χ1v) is 9.17. The SMILES string of the molecule is CCCC[n+]1nnn(CCc2ccccc2)c1CCCCC(=O)OC. The van der Waals surface area contributed by atoms with Crippen molar-refractivity contribution in [3.05, 3.63) is 41.7 Å². The van der Waals surface area contributed by atoms with Crippen LogP contribution in [0.5, 0.6) is 0 Å². The standard InChI is InChI=1S/C19H29N4O2/c1-3-4-15-22-18(12-8-9-13-19(24)25-2)23(21-20-22)16-14-17-10-6-5-7-11-17/h5-7,10-11H,3-4,8-9,12-16H2,1-2H3/q+1. The van der Waals surface area contributed by atoms with Gasteiger partial charge in [-0.2, -0.15) is 0 Å². The van der Waals surface area contributed by atoms with Gasteiger partial charge >= 0.3 is 5.97 Å². The van der Waals surface area contributed by atoms with Gasteiger partial charge in [0.15, 0.2) is 5.21 Å². The van der Waals surface area contributed by atoms with Gasteiger partial charge < -0.3 is 4.74 Å². The number of hydrogen-bond donors (Lipinski definition) is 0. The molecule has 0 amide bonds. The molecule has 136 valence electrons. The number of aromatic nitrogens is 4. The first-order chi connectivity index (χ1) is 12.2. The van der Waals surface area contributed by atoms with Crippen molar-refractivity contribution in [2.45, 2.75) is 65.0 Å². The van der Waals surface area contributed by atoms with Crippen LogP contribution in [0, 0.1) is 0 Å². The molecule has 0 aliphatic rings. The molecule has 0 spiro atoms. The van der Waals surface area contributed by atoms with Gasteiger partial charge in [-0.1, -0.05) is 48.4 Å². The first-order valence-electron chi connectivity index (χ1n) is 9.17. The van der Waals surface area contributed by atoms with Gasteiger partial charge in [-0.25, -0.2) is 0 Å². The third-order valence-electron chi connectivity index (χ3n) is 4.29. The zero-order valence-electron chi connectivity index (χ0n) is 15.4. The summed E-state index contributed by atoms with van der Waals surface area (Å²) < 4.78 is 8.74. The molecular formula is C19H29N4O2+. The average molecular weight is 345 g/mol. The number of ether oxygens (including phenoxy) is 1. The summed E-state index contributed by atoms with van der Waals surface area (Å²) in [5.41, 5.74) is 1.30. The Labute approximate surface area is 149 Å². The van der Waals surface area contributed by atoms with E-state index in [1.807, 2.05) is 15.4 Å². The Morgan fingerprint density at radius 1 is 1.16 bits per heavy atom. The van der Waals surface area contributed by atoms with Crippen molar-refractivity contribution in [3.63, 3.8) is 0 Å². The average Bonchev–Trinajstić information content (AvgIpc) is 3.04. The van der Waals surface area contributed by atoms with Gasteiger partial charge in [0, 0.05) is 19.3 Å². The van der Waals surface area contributed by atoms with Gasteiger partial charge in [0.1, 0.15) is 11.8 Å². The van der Waals surface area contributed by atoms with Gasteiger partial charge in [-0.3, -0.25) is 4.79 Å². The third kappa shape index (κ3) is 6.29. The Kier molecular flexibility index (Phi) is 8.09. The lowest BCUT2D eigenvalue weighted by Gasteiger charge is -2.03. The van der Waals surface area contributed by atoms with Crippen molar-refractivity contribution in [1.29, 1.82) is 0 Å². The minimum Gasteiger partial charge on any atom is -0.469 e. The molecule has 0 bridgehead atoms. The Hall–Kier alpha value is -2.24. The molecule has 0 saturated heterocycles. The monoisotopic (exact) mass is 345 g/mol. The molecule has 1 aromatic heterocycles. The Morgan fingerprint density at radius 3 is 2.68 bits per heavy atom. The molecule has 0 N–H and O–H groups in total. The molecule has 0 aliphatic heterocycles. The maximum atomic E-state index is 11.3. The van der Waals surface area contributed by atoms with Gasteiger partial charge in [-0.15, -0.1) is 4.68 Å². The molecule has 6 nitrogen and oxygen atoms in total. The number of methoxy groups -OCH3 is 1. The molecule has 6 heteroatoms. The maximum Gasteiger partial charge on any atom is 0.305 e. The molecule has 1 heterocycles. The summed E-state index contributed by atoms with van der Waals surface area (Å²) in [4.78, 5) is 11.3. The second-order valence-electron chi connectivity index (χ2n) is 6.21. The molecule has 0 radical (unpaired) electrons. The lowest BCUT2D eigenvalue weighted by Crippen LogP contribution is -2.40. The van der Waals surface area contributed by atoms with E-state index in [0.29, 0.717) is 6.42 Å². The number of carbonyl (C=O) groups is 1. The van der Waals surface area contributed by atoms with E-state index in [4.69, 9.17) is 4.74 Å². The van der Waals surface area contributed by atoms with Gasteiger partial charge in [0.2, 0.25) is 0 Å². The van der Waals surface area contributed by atoms with Crippen LogP contribution >= 0.6 is 0 Å². The summed E-state index contributed by atoms with van der Waals surface area (Å²) >= 11 is 0. The second kappa shape index (κ2) is 10.6. The van der Waals surface area contributed by atoms with Crippen LogP contribution in [-0.2, 0) is 35.5 Å². The minimum atomic E-state index is -0.144. The smallest absolute Gasteiger partial charge is 0.305 e. The zero-order valence-corrected chi connectivity index (χ0v) is 15.4. The van der Waals surface area contributed by atoms with Crippen LogP contribution in [0.15, 0.2) is 30.3 Å². The molecule has 0 atom stereocenters. The van der Waals surface area contributed by atoms with Crippen LogP contribution in [0.25, 0.3) is 0 Å². The fourth-order valence-electron chi connectivity index (χ4n) is 2.78. The topological polar surface area (TPSA) is 60.9 Å². The van der Waals surface area contributed by atoms with E-state index in [-0.39, 0.29) is 5.97 Å². The number of unbranched alkanes of at least 4 members (excludes halogenated alkanes) is 2. The zero-order chi connectivity index (χ0) is 17.9. The highest BCUT2D eigenvalue weighted by molar-refractivity contribution is 5.68. The normalized spacial score (nSPS) is 10.8. The Morgan fingerprint density at radius 2 is 1.96 bits per heavy atom. The molecule has 2 rings (SSSR count). The lowest BCUT2D eigenvalue weighted by atomic mass is 10.1. The highest BCUT2D eigenvalue weighted by Gasteiger charge is 2.19. The number of aryl methyl sites for hydroxylation is 3. The predicted octanol–water partition coefficient (Wildman–Crippen LogP) is 2.49. The van der Waals surface area contributed by atoms with Crippen molar-refractivity contribution in [1.82, 2.24) is 15.1 Å². The quantitative estimate of drug-likeness (QED) is 0.357. The summed E-state index contributed by atoms with van der Waals surface area (Å²) in [7, 11) is 1.43. The van der Waals surface area contributed by atoms with Crippen LogP contribution in [0.4, 0.5) is 0 Å². The lowest BCUT2D eigenvalue weighted by molar-refractivity contribution is -0.761. The number of esters is 1. The highest BCUT2D eigenvalue weighted by atomic mass is 16.5. The summed E-state index contributed by atoms with van der Waals surface area (Å²) in [6.07, 6.45) is 6.26. The van der Waals surface area contributed by atoms with E-state index in [0.717, 1.165) is 57.4 Å². The van der Waals surface area contributed by atoms with E-state index in [1.54, 1.807) is 0 Å². The fourth-order valence-corrected chi connectivity index (χ4v) is 2.78. The van der Waals surface area contributed by atoms with Crippen LogP contribution in [0.2, 0.25) is 0 Å². The number of rotatable bonds is 11. The van der Waals surface area contributed by atoms with Crippen molar-refractivity contribution in [2.75, 3.05) is 7.11 Å². The van der Waals surface area contributed by atoms with Crippen molar-refractivity contribution in [3.8, 4) is 0 Å². The second-order valence-corrected chi connectivity index (χ2v) is 6.21. The highest BCUT2D eigenvalue weighted by Crippen LogP contribution is 2.06. The number of hydrogen-bond acceptors (Lipinski definition) is 4. The minimum absolute atomic E-state index is 0.144. The number of carbonyl (C=O) groups excluding carboxylic acids is 1. The van der Waals surface area contributed by atoms with E-state index in [2.05, 4.69) is 41.6 Å². The van der Waals surface area contributed by atoms with Crippen LogP contribution in [0.3, 0.4) is 0 Å². The number of benzene rings is 1. The van der Waals surface area contributed by atoms with E-state index < -0.39 is 0 Å². The van der Waals surface area contributed by atoms with Gasteiger partial charge in [0.25, 0.3) is 5.82 Å². The van der Waals surface area contributed by atoms with Crippen molar-refractivity contribution >= 4 is 5.97 Å². The number of nitrogens with zero attached hydrogens (tertiary/aromatic N) is 4. The van der Waals surface area contributed by atoms with E-state index in [1.165, 1.54) is 12.7 Å². The van der Waals surface area contributed by atoms with Crippen molar-refractivity contribution < 1.29 is 14.2 Å². The Balaban J connectivity index is 1.97. The maximum absolute atomic E-state index is 11.3. The summed E-state index contributed by atoms with van der Waals surface area (Å²) in [6, 6.07) is 10.4. The number of tetrazole rings is 1. The molecule has 25 heavy (non-hydrogen) atoms. The molecule has 0 unspecified atom stereocenters. The van der Waals surface area contributed by atoms with E-state index >= 15 is 0 Å². The summed E-state index contributed by atoms with van der Waals surface area (Å²) in [5, 5.41) is 8.69. The first kappa shape index (κ1) is 19.1.